The molecule has 7 heteroatoms. The highest BCUT2D eigenvalue weighted by atomic mass is 19.4. The molecule has 1 aliphatic rings. The fourth-order valence-corrected chi connectivity index (χ4v) is 2.62. The standard InChI is InChI=1S/C17H16F3N3O/c18-17(19,20)12-3-5-13(6-4-12)22-14-7-8-21-15(11-14)16(24)23-9-1-2-10-23/h3-8,11H,1-2,9-10H2,(H,21,22). The predicted octanol–water partition coefficient (Wildman–Crippen LogP) is 4.08. The van der Waals surface area contributed by atoms with Gasteiger partial charge in [0.15, 0.2) is 0 Å². The van der Waals surface area contributed by atoms with Crippen LogP contribution in [0.3, 0.4) is 0 Å². The minimum atomic E-state index is -4.36. The number of anilines is 2. The number of alkyl halides is 3. The van der Waals surface area contributed by atoms with Crippen molar-refractivity contribution in [2.24, 2.45) is 0 Å². The Morgan fingerprint density at radius 3 is 2.33 bits per heavy atom. The summed E-state index contributed by atoms with van der Waals surface area (Å²) in [5.74, 6) is -0.122. The number of amides is 1. The Morgan fingerprint density at radius 2 is 1.71 bits per heavy atom. The topological polar surface area (TPSA) is 45.2 Å². The number of pyridine rings is 1. The Hall–Kier alpha value is -2.57. The van der Waals surface area contributed by atoms with E-state index < -0.39 is 11.7 Å². The van der Waals surface area contributed by atoms with Crippen molar-refractivity contribution in [2.45, 2.75) is 19.0 Å². The normalized spacial score (nSPS) is 14.7. The molecule has 1 aliphatic heterocycles. The molecule has 0 spiro atoms. The largest absolute Gasteiger partial charge is 0.416 e. The van der Waals surface area contributed by atoms with E-state index in [1.54, 1.807) is 17.0 Å². The van der Waals surface area contributed by atoms with E-state index in [1.165, 1.54) is 18.3 Å². The highest BCUT2D eigenvalue weighted by Crippen LogP contribution is 2.30. The summed E-state index contributed by atoms with van der Waals surface area (Å²) in [7, 11) is 0. The number of nitrogens with one attached hydrogen (secondary N) is 1. The van der Waals surface area contributed by atoms with E-state index in [4.69, 9.17) is 0 Å². The molecular formula is C17H16F3N3O. The third-order valence-electron chi connectivity index (χ3n) is 3.87. The van der Waals surface area contributed by atoms with E-state index in [2.05, 4.69) is 10.3 Å². The molecule has 24 heavy (non-hydrogen) atoms. The molecule has 3 rings (SSSR count). The molecule has 0 bridgehead atoms. The summed E-state index contributed by atoms with van der Waals surface area (Å²) in [5.41, 5.74) is 0.738. The number of halogens is 3. The van der Waals surface area contributed by atoms with Gasteiger partial charge in [0.2, 0.25) is 0 Å². The molecule has 1 aromatic heterocycles. The van der Waals surface area contributed by atoms with Crippen LogP contribution in [0.15, 0.2) is 42.6 Å². The van der Waals surface area contributed by atoms with Gasteiger partial charge >= 0.3 is 6.18 Å². The summed E-state index contributed by atoms with van der Waals surface area (Å²) < 4.78 is 37.7. The van der Waals surface area contributed by atoms with Crippen molar-refractivity contribution in [1.82, 2.24) is 9.88 Å². The van der Waals surface area contributed by atoms with Gasteiger partial charge in [0.25, 0.3) is 5.91 Å². The predicted molar refractivity (Wildman–Crippen MR) is 84.1 cm³/mol. The molecule has 1 amide bonds. The van der Waals surface area contributed by atoms with Gasteiger partial charge in [-0.2, -0.15) is 13.2 Å². The van der Waals surface area contributed by atoms with Gasteiger partial charge in [-0.05, 0) is 49.2 Å². The Balaban J connectivity index is 1.73. The second kappa shape index (κ2) is 6.51. The summed E-state index contributed by atoms with van der Waals surface area (Å²) in [4.78, 5) is 18.2. The number of hydrogen-bond donors (Lipinski definition) is 1. The highest BCUT2D eigenvalue weighted by Gasteiger charge is 2.29. The lowest BCUT2D eigenvalue weighted by molar-refractivity contribution is -0.137. The van der Waals surface area contributed by atoms with Crippen LogP contribution in [0.5, 0.6) is 0 Å². The molecule has 0 saturated carbocycles. The summed E-state index contributed by atoms with van der Waals surface area (Å²) in [5, 5.41) is 2.99. The van der Waals surface area contributed by atoms with Crippen molar-refractivity contribution >= 4 is 17.3 Å². The lowest BCUT2D eigenvalue weighted by Crippen LogP contribution is -2.28. The van der Waals surface area contributed by atoms with Gasteiger partial charge < -0.3 is 10.2 Å². The fourth-order valence-electron chi connectivity index (χ4n) is 2.62. The third kappa shape index (κ3) is 3.67. The molecule has 4 nitrogen and oxygen atoms in total. The van der Waals surface area contributed by atoms with Crippen molar-refractivity contribution in [3.63, 3.8) is 0 Å². The molecule has 0 radical (unpaired) electrons. The van der Waals surface area contributed by atoms with Gasteiger partial charge in [-0.3, -0.25) is 9.78 Å². The molecule has 0 unspecified atom stereocenters. The Kier molecular flexibility index (Phi) is 4.42. The second-order valence-corrected chi connectivity index (χ2v) is 5.63. The molecule has 2 heterocycles. The Morgan fingerprint density at radius 1 is 1.04 bits per heavy atom. The summed E-state index contributed by atoms with van der Waals surface area (Å²) in [6.45, 7) is 1.47. The number of hydrogen-bond acceptors (Lipinski definition) is 3. The van der Waals surface area contributed by atoms with Gasteiger partial charge in [-0.1, -0.05) is 0 Å². The zero-order chi connectivity index (χ0) is 17.2. The molecule has 0 atom stereocenters. The average Bonchev–Trinajstić information content (AvgIpc) is 3.08. The van der Waals surface area contributed by atoms with Crippen molar-refractivity contribution in [3.05, 3.63) is 53.9 Å². The lowest BCUT2D eigenvalue weighted by Gasteiger charge is -2.15. The number of likely N-dealkylation sites (tertiary alicyclic amines) is 1. The zero-order valence-electron chi connectivity index (χ0n) is 12.8. The van der Waals surface area contributed by atoms with Crippen LogP contribution in [-0.4, -0.2) is 28.9 Å². The van der Waals surface area contributed by atoms with Crippen LogP contribution in [-0.2, 0) is 6.18 Å². The number of aromatic nitrogens is 1. The minimum Gasteiger partial charge on any atom is -0.355 e. The molecule has 2 aromatic rings. The van der Waals surface area contributed by atoms with Crippen LogP contribution >= 0.6 is 0 Å². The minimum absolute atomic E-state index is 0.122. The molecule has 0 aliphatic carbocycles. The number of rotatable bonds is 3. The highest BCUT2D eigenvalue weighted by molar-refractivity contribution is 5.93. The van der Waals surface area contributed by atoms with Gasteiger partial charge in [-0.25, -0.2) is 0 Å². The van der Waals surface area contributed by atoms with Crippen molar-refractivity contribution in [2.75, 3.05) is 18.4 Å². The first-order valence-corrected chi connectivity index (χ1v) is 7.63. The summed E-state index contributed by atoms with van der Waals surface area (Å²) in [6, 6.07) is 8.01. The van der Waals surface area contributed by atoms with Gasteiger partial charge in [0.1, 0.15) is 5.69 Å². The van der Waals surface area contributed by atoms with Crippen LogP contribution in [0.25, 0.3) is 0 Å². The van der Waals surface area contributed by atoms with Crippen molar-refractivity contribution < 1.29 is 18.0 Å². The average molecular weight is 335 g/mol. The van der Waals surface area contributed by atoms with Crippen LogP contribution in [0.2, 0.25) is 0 Å². The monoisotopic (exact) mass is 335 g/mol. The lowest BCUT2D eigenvalue weighted by atomic mass is 10.2. The maximum atomic E-state index is 12.6. The van der Waals surface area contributed by atoms with Gasteiger partial charge in [0.05, 0.1) is 5.56 Å². The Labute approximate surface area is 137 Å². The van der Waals surface area contributed by atoms with Crippen LogP contribution in [0, 0.1) is 0 Å². The number of benzene rings is 1. The van der Waals surface area contributed by atoms with E-state index in [-0.39, 0.29) is 5.91 Å². The van der Waals surface area contributed by atoms with E-state index >= 15 is 0 Å². The van der Waals surface area contributed by atoms with Crippen molar-refractivity contribution in [1.29, 1.82) is 0 Å². The molecule has 126 valence electrons. The number of carbonyl (C=O) groups is 1. The fraction of sp³-hybridized carbons (Fsp3) is 0.294. The number of nitrogens with zero attached hydrogens (tertiary/aromatic N) is 2. The first-order valence-electron chi connectivity index (χ1n) is 7.63. The van der Waals surface area contributed by atoms with Gasteiger partial charge in [-0.15, -0.1) is 0 Å². The quantitative estimate of drug-likeness (QED) is 0.919. The van der Waals surface area contributed by atoms with E-state index in [9.17, 15) is 18.0 Å². The first-order chi connectivity index (χ1) is 11.4. The Bertz CT molecular complexity index is 723. The van der Waals surface area contributed by atoms with Crippen LogP contribution in [0.1, 0.15) is 28.9 Å². The number of carbonyl (C=O) groups excluding carboxylic acids is 1. The second-order valence-electron chi connectivity index (χ2n) is 5.63. The molecule has 1 saturated heterocycles. The van der Waals surface area contributed by atoms with E-state index in [0.717, 1.165) is 38.1 Å². The maximum absolute atomic E-state index is 12.6. The molecule has 1 aromatic carbocycles. The van der Waals surface area contributed by atoms with E-state index in [1.807, 2.05) is 0 Å². The maximum Gasteiger partial charge on any atom is 0.416 e. The van der Waals surface area contributed by atoms with Crippen molar-refractivity contribution in [3.8, 4) is 0 Å². The molecule has 1 fully saturated rings. The zero-order valence-corrected chi connectivity index (χ0v) is 12.8. The van der Waals surface area contributed by atoms with Crippen LogP contribution < -0.4 is 5.32 Å². The van der Waals surface area contributed by atoms with Gasteiger partial charge in [0, 0.05) is 30.7 Å². The smallest absolute Gasteiger partial charge is 0.355 e. The summed E-state index contributed by atoms with van der Waals surface area (Å²) in [6.07, 6.45) is -0.856. The van der Waals surface area contributed by atoms with Crippen LogP contribution in [0.4, 0.5) is 24.5 Å². The third-order valence-corrected chi connectivity index (χ3v) is 3.87. The SMILES string of the molecule is O=C(c1cc(Nc2ccc(C(F)(F)F)cc2)ccn1)N1CCCC1. The first kappa shape index (κ1) is 16.3. The van der Waals surface area contributed by atoms with E-state index in [0.29, 0.717) is 17.1 Å². The summed E-state index contributed by atoms with van der Waals surface area (Å²) >= 11 is 0. The molecule has 1 N–H and O–H groups in total. The molecular weight excluding hydrogens is 319 g/mol.